The Hall–Kier alpha value is -1.69. The minimum absolute atomic E-state index is 0.126. The van der Waals surface area contributed by atoms with E-state index in [1.165, 1.54) is 0 Å². The Labute approximate surface area is 115 Å². The van der Waals surface area contributed by atoms with E-state index in [-0.39, 0.29) is 17.0 Å². The molecule has 20 heavy (non-hydrogen) atoms. The summed E-state index contributed by atoms with van der Waals surface area (Å²) in [5.41, 5.74) is 5.55. The number of fused-ring (bicyclic) bond motifs is 2. The maximum absolute atomic E-state index is 14.1. The van der Waals surface area contributed by atoms with Crippen LogP contribution in [-0.2, 0) is 6.54 Å². The van der Waals surface area contributed by atoms with Crippen LogP contribution in [0.1, 0.15) is 36.8 Å². The molecule has 108 valence electrons. The predicted octanol–water partition coefficient (Wildman–Crippen LogP) is 2.19. The molecule has 0 aliphatic carbocycles. The van der Waals surface area contributed by atoms with Gasteiger partial charge in [-0.25, -0.2) is 8.78 Å². The number of hydrogen-bond donors (Lipinski definition) is 2. The summed E-state index contributed by atoms with van der Waals surface area (Å²) < 4.78 is 28.0. The lowest BCUT2D eigenvalue weighted by Gasteiger charge is -2.23. The SMILES string of the molecule is N/C(=N/O)c1c(F)ccc(F)c1CN1C2CCC1CC2. The van der Waals surface area contributed by atoms with Gasteiger partial charge in [0.2, 0.25) is 0 Å². The first-order valence-electron chi connectivity index (χ1n) is 6.82. The van der Waals surface area contributed by atoms with Crippen molar-refractivity contribution in [2.24, 2.45) is 10.9 Å². The van der Waals surface area contributed by atoms with Crippen LogP contribution in [0.15, 0.2) is 17.3 Å². The van der Waals surface area contributed by atoms with Crippen LogP contribution in [0.2, 0.25) is 0 Å². The van der Waals surface area contributed by atoms with E-state index in [9.17, 15) is 8.78 Å². The van der Waals surface area contributed by atoms with E-state index in [1.807, 2.05) is 0 Å². The van der Waals surface area contributed by atoms with E-state index in [2.05, 4.69) is 10.1 Å². The number of nitrogens with zero attached hydrogens (tertiary/aromatic N) is 2. The molecule has 3 rings (SSSR count). The second kappa shape index (κ2) is 5.01. The van der Waals surface area contributed by atoms with Crippen molar-refractivity contribution in [2.75, 3.05) is 0 Å². The Morgan fingerprint density at radius 1 is 1.20 bits per heavy atom. The monoisotopic (exact) mass is 281 g/mol. The zero-order valence-electron chi connectivity index (χ0n) is 11.0. The second-order valence-electron chi connectivity index (χ2n) is 5.50. The van der Waals surface area contributed by atoms with Crippen molar-refractivity contribution in [2.45, 2.75) is 44.3 Å². The summed E-state index contributed by atoms with van der Waals surface area (Å²) in [5.74, 6) is -1.56. The van der Waals surface area contributed by atoms with Crippen molar-refractivity contribution in [1.29, 1.82) is 0 Å². The first-order valence-corrected chi connectivity index (χ1v) is 6.82. The summed E-state index contributed by atoms with van der Waals surface area (Å²) in [6.45, 7) is 0.310. The fraction of sp³-hybridized carbons (Fsp3) is 0.500. The number of amidine groups is 1. The number of rotatable bonds is 3. The quantitative estimate of drug-likeness (QED) is 0.386. The van der Waals surface area contributed by atoms with E-state index in [0.29, 0.717) is 18.6 Å². The number of nitrogens with two attached hydrogens (primary N) is 1. The van der Waals surface area contributed by atoms with Gasteiger partial charge < -0.3 is 10.9 Å². The van der Waals surface area contributed by atoms with Gasteiger partial charge in [0.05, 0.1) is 5.56 Å². The molecule has 0 atom stereocenters. The maximum Gasteiger partial charge on any atom is 0.173 e. The predicted molar refractivity (Wildman–Crippen MR) is 70.5 cm³/mol. The highest BCUT2D eigenvalue weighted by Gasteiger charge is 2.39. The number of benzene rings is 1. The smallest absolute Gasteiger partial charge is 0.173 e. The van der Waals surface area contributed by atoms with Gasteiger partial charge in [-0.2, -0.15) is 0 Å². The average Bonchev–Trinajstić information content (AvgIpc) is 3.02. The second-order valence-corrected chi connectivity index (χ2v) is 5.50. The zero-order valence-corrected chi connectivity index (χ0v) is 11.0. The number of halogens is 2. The van der Waals surface area contributed by atoms with E-state index in [1.54, 1.807) is 0 Å². The van der Waals surface area contributed by atoms with Gasteiger partial charge >= 0.3 is 0 Å². The molecule has 2 saturated heterocycles. The molecule has 4 nitrogen and oxygen atoms in total. The van der Waals surface area contributed by atoms with Crippen molar-refractivity contribution < 1.29 is 14.0 Å². The van der Waals surface area contributed by atoms with Crippen LogP contribution in [0.3, 0.4) is 0 Å². The van der Waals surface area contributed by atoms with Gasteiger partial charge in [-0.1, -0.05) is 5.16 Å². The molecule has 3 N–H and O–H groups in total. The molecule has 2 fully saturated rings. The molecule has 2 aliphatic heterocycles. The summed E-state index contributed by atoms with van der Waals surface area (Å²) in [4.78, 5) is 2.21. The van der Waals surface area contributed by atoms with Gasteiger partial charge in [-0.05, 0) is 37.8 Å². The maximum atomic E-state index is 14.1. The fourth-order valence-corrected chi connectivity index (χ4v) is 3.54. The normalized spacial score (nSPS) is 26.4. The van der Waals surface area contributed by atoms with Gasteiger partial charge in [0.15, 0.2) is 5.84 Å². The van der Waals surface area contributed by atoms with Gasteiger partial charge in [0.25, 0.3) is 0 Å². The van der Waals surface area contributed by atoms with E-state index >= 15 is 0 Å². The van der Waals surface area contributed by atoms with Crippen LogP contribution >= 0.6 is 0 Å². The topological polar surface area (TPSA) is 61.9 Å². The van der Waals surface area contributed by atoms with Crippen molar-refractivity contribution >= 4 is 5.84 Å². The van der Waals surface area contributed by atoms with Crippen LogP contribution in [-0.4, -0.2) is 28.0 Å². The molecule has 0 aromatic heterocycles. The minimum atomic E-state index is -0.664. The largest absolute Gasteiger partial charge is 0.409 e. The summed E-state index contributed by atoms with van der Waals surface area (Å²) in [6.07, 6.45) is 4.45. The van der Waals surface area contributed by atoms with Crippen LogP contribution < -0.4 is 5.73 Å². The third kappa shape index (κ3) is 2.04. The lowest BCUT2D eigenvalue weighted by molar-refractivity contribution is 0.240. The molecular weight excluding hydrogens is 264 g/mol. The Morgan fingerprint density at radius 2 is 1.75 bits per heavy atom. The first kappa shape index (κ1) is 13.3. The molecule has 6 heteroatoms. The van der Waals surface area contributed by atoms with Gasteiger partial charge in [-0.3, -0.25) is 4.90 Å². The summed E-state index contributed by atoms with van der Waals surface area (Å²) in [5, 5.41) is 11.6. The Balaban J connectivity index is 1.98. The third-order valence-electron chi connectivity index (χ3n) is 4.51. The fourth-order valence-electron chi connectivity index (χ4n) is 3.54. The molecule has 0 radical (unpaired) electrons. The lowest BCUT2D eigenvalue weighted by atomic mass is 10.0. The summed E-state index contributed by atoms with van der Waals surface area (Å²) in [7, 11) is 0. The highest BCUT2D eigenvalue weighted by Crippen LogP contribution is 2.39. The number of oxime groups is 1. The van der Waals surface area contributed by atoms with Crippen LogP contribution in [0.25, 0.3) is 0 Å². The molecule has 0 unspecified atom stereocenters. The van der Waals surface area contributed by atoms with Crippen molar-refractivity contribution in [1.82, 2.24) is 4.90 Å². The van der Waals surface area contributed by atoms with E-state index in [4.69, 9.17) is 10.9 Å². The van der Waals surface area contributed by atoms with Gasteiger partial charge in [-0.15, -0.1) is 0 Å². The Kier molecular flexibility index (Phi) is 3.33. The van der Waals surface area contributed by atoms with Crippen LogP contribution in [0, 0.1) is 11.6 Å². The third-order valence-corrected chi connectivity index (χ3v) is 4.51. The van der Waals surface area contributed by atoms with Gasteiger partial charge in [0.1, 0.15) is 11.6 Å². The molecule has 1 aromatic rings. The molecule has 2 aliphatic rings. The molecule has 0 spiro atoms. The number of hydrogen-bond acceptors (Lipinski definition) is 3. The average molecular weight is 281 g/mol. The van der Waals surface area contributed by atoms with Crippen LogP contribution in [0.5, 0.6) is 0 Å². The lowest BCUT2D eigenvalue weighted by Crippen LogP contribution is -2.30. The van der Waals surface area contributed by atoms with Crippen molar-refractivity contribution in [3.8, 4) is 0 Å². The van der Waals surface area contributed by atoms with Crippen molar-refractivity contribution in [3.63, 3.8) is 0 Å². The Bertz CT molecular complexity index is 542. The molecule has 2 heterocycles. The van der Waals surface area contributed by atoms with E-state index in [0.717, 1.165) is 37.8 Å². The summed E-state index contributed by atoms with van der Waals surface area (Å²) in [6, 6.07) is 2.99. The first-order chi connectivity index (χ1) is 9.61. The standard InChI is InChI=1S/C14H17F2N3O/c15-11-5-6-12(16)13(14(17)18-20)10(11)7-19-8-1-2-9(19)4-3-8/h5-6,8-9,20H,1-4,7H2,(H2,17,18). The highest BCUT2D eigenvalue weighted by atomic mass is 19.1. The Morgan fingerprint density at radius 3 is 2.30 bits per heavy atom. The summed E-state index contributed by atoms with van der Waals surface area (Å²) >= 11 is 0. The van der Waals surface area contributed by atoms with Crippen molar-refractivity contribution in [3.05, 3.63) is 34.9 Å². The van der Waals surface area contributed by atoms with Crippen LogP contribution in [0.4, 0.5) is 8.78 Å². The molecule has 0 saturated carbocycles. The molecular formula is C14H17F2N3O. The zero-order chi connectivity index (χ0) is 14.3. The molecule has 1 aromatic carbocycles. The highest BCUT2D eigenvalue weighted by molar-refractivity contribution is 5.98. The van der Waals surface area contributed by atoms with E-state index < -0.39 is 11.6 Å². The minimum Gasteiger partial charge on any atom is -0.409 e. The van der Waals surface area contributed by atoms with Gasteiger partial charge in [0, 0.05) is 24.2 Å². The molecule has 0 amide bonds. The molecule has 2 bridgehead atoms.